The molecule has 3 aromatic rings. The van der Waals surface area contributed by atoms with Gasteiger partial charge < -0.3 is 9.64 Å². The highest BCUT2D eigenvalue weighted by atomic mass is 79.9. The number of ether oxygens (including phenoxy) is 1. The lowest BCUT2D eigenvalue weighted by atomic mass is 9.88. The summed E-state index contributed by atoms with van der Waals surface area (Å²) in [4.78, 5) is 27.6. The predicted molar refractivity (Wildman–Crippen MR) is 147 cm³/mol. The van der Waals surface area contributed by atoms with Crippen LogP contribution in [0.1, 0.15) is 33.6 Å². The van der Waals surface area contributed by atoms with Gasteiger partial charge in [0, 0.05) is 40.3 Å². The van der Waals surface area contributed by atoms with Crippen LogP contribution in [0, 0.1) is 5.92 Å². The van der Waals surface area contributed by atoms with Gasteiger partial charge in [0.2, 0.25) is 0 Å². The summed E-state index contributed by atoms with van der Waals surface area (Å²) in [6.07, 6.45) is 0.967. The molecule has 0 unspecified atom stereocenters. The van der Waals surface area contributed by atoms with Crippen molar-refractivity contribution in [1.29, 1.82) is 0 Å². The zero-order valence-corrected chi connectivity index (χ0v) is 23.6. The molecule has 1 N–H and O–H groups in total. The Morgan fingerprint density at radius 1 is 0.946 bits per heavy atom. The first kappa shape index (κ1) is 27.4. The molecule has 1 fully saturated rings. The van der Waals surface area contributed by atoms with Crippen molar-refractivity contribution in [3.63, 3.8) is 0 Å². The van der Waals surface area contributed by atoms with Crippen molar-refractivity contribution in [2.24, 2.45) is 5.92 Å². The topological polar surface area (TPSA) is 92.8 Å². The Morgan fingerprint density at radius 3 is 2.22 bits per heavy atom. The summed E-state index contributed by atoms with van der Waals surface area (Å²) in [5.41, 5.74) is 1.07. The van der Waals surface area contributed by atoms with E-state index in [2.05, 4.69) is 20.7 Å². The van der Waals surface area contributed by atoms with Crippen molar-refractivity contribution in [2.75, 3.05) is 24.9 Å². The zero-order chi connectivity index (χ0) is 26.7. The maximum atomic E-state index is 13.3. The van der Waals surface area contributed by atoms with Gasteiger partial charge in [0.15, 0.2) is 5.78 Å². The van der Waals surface area contributed by atoms with E-state index in [9.17, 15) is 18.0 Å². The highest BCUT2D eigenvalue weighted by Crippen LogP contribution is 2.30. The number of hydrogen-bond acceptors (Lipinski definition) is 5. The molecule has 11 heteroatoms. The molecule has 0 spiro atoms. The third-order valence-electron chi connectivity index (χ3n) is 6.15. The normalized spacial score (nSPS) is 14.3. The molecule has 1 amide bonds. The number of likely N-dealkylation sites (tertiary alicyclic amines) is 1. The maximum Gasteiger partial charge on any atom is 0.265 e. The van der Waals surface area contributed by atoms with Crippen LogP contribution in [-0.2, 0) is 10.0 Å². The molecular weight excluding hydrogens is 603 g/mol. The van der Waals surface area contributed by atoms with Crippen LogP contribution in [0.5, 0.6) is 5.75 Å². The number of amides is 1. The Kier molecular flexibility index (Phi) is 8.48. The molecule has 4 rings (SSSR count). The lowest BCUT2D eigenvalue weighted by Crippen LogP contribution is -2.40. The number of carbonyl (C=O) groups is 2. The average Bonchev–Trinajstić information content (AvgIpc) is 2.90. The largest absolute Gasteiger partial charge is 0.495 e. The van der Waals surface area contributed by atoms with E-state index in [4.69, 9.17) is 27.9 Å². The summed E-state index contributed by atoms with van der Waals surface area (Å²) in [6.45, 7) is 0.726. The van der Waals surface area contributed by atoms with Gasteiger partial charge in [0.25, 0.3) is 15.9 Å². The average molecular weight is 626 g/mol. The first-order valence-corrected chi connectivity index (χ1v) is 14.4. The Morgan fingerprint density at radius 2 is 1.59 bits per heavy atom. The fourth-order valence-electron chi connectivity index (χ4n) is 4.16. The number of Topliss-reactive ketones (excluding diaryl/α,β-unsaturated/α-hetero) is 1. The number of ketones is 1. The SMILES string of the molecule is COc1ccc(C(=O)N2CCC(C(=O)c3ccc(Cl)c(Cl)c3)CC2)cc1S(=O)(=O)Nc1ccc(Br)cc1. The quantitative estimate of drug-likeness (QED) is 0.311. The van der Waals surface area contributed by atoms with Crippen molar-refractivity contribution in [3.8, 4) is 5.75 Å². The number of carbonyl (C=O) groups excluding carboxylic acids is 2. The molecule has 0 saturated carbocycles. The predicted octanol–water partition coefficient (Wildman–Crippen LogP) is 6.30. The van der Waals surface area contributed by atoms with Gasteiger partial charge in [-0.3, -0.25) is 14.3 Å². The highest BCUT2D eigenvalue weighted by Gasteiger charge is 2.30. The number of nitrogens with zero attached hydrogens (tertiary/aromatic N) is 1. The highest BCUT2D eigenvalue weighted by molar-refractivity contribution is 9.10. The van der Waals surface area contributed by atoms with Crippen LogP contribution in [0.2, 0.25) is 10.0 Å². The van der Waals surface area contributed by atoms with Gasteiger partial charge in [-0.2, -0.15) is 0 Å². The van der Waals surface area contributed by atoms with E-state index in [-0.39, 0.29) is 33.8 Å². The monoisotopic (exact) mass is 624 g/mol. The maximum absolute atomic E-state index is 13.3. The molecule has 0 radical (unpaired) electrons. The van der Waals surface area contributed by atoms with Crippen LogP contribution in [0.15, 0.2) is 70.0 Å². The van der Waals surface area contributed by atoms with E-state index in [0.717, 1.165) is 4.47 Å². The van der Waals surface area contributed by atoms with Crippen molar-refractivity contribution in [3.05, 3.63) is 86.3 Å². The van der Waals surface area contributed by atoms with Gasteiger partial charge in [0.05, 0.1) is 17.2 Å². The summed E-state index contributed by atoms with van der Waals surface area (Å²) in [5.74, 6) is -0.485. The van der Waals surface area contributed by atoms with E-state index in [1.807, 2.05) is 0 Å². The Hall–Kier alpha value is -2.59. The molecule has 1 heterocycles. The van der Waals surface area contributed by atoms with Crippen LogP contribution < -0.4 is 9.46 Å². The van der Waals surface area contributed by atoms with Gasteiger partial charge >= 0.3 is 0 Å². The molecular formula is C26H23BrCl2N2O5S. The van der Waals surface area contributed by atoms with Crippen molar-refractivity contribution in [1.82, 2.24) is 4.90 Å². The van der Waals surface area contributed by atoms with E-state index in [0.29, 0.717) is 47.2 Å². The van der Waals surface area contributed by atoms with Gasteiger partial charge in [-0.05, 0) is 73.5 Å². The van der Waals surface area contributed by atoms with Crippen LogP contribution in [0.4, 0.5) is 5.69 Å². The van der Waals surface area contributed by atoms with Crippen molar-refractivity contribution < 1.29 is 22.7 Å². The van der Waals surface area contributed by atoms with Crippen molar-refractivity contribution in [2.45, 2.75) is 17.7 Å². The number of methoxy groups -OCH3 is 1. The standard InChI is InChI=1S/C26H23BrCl2N2O5S/c1-36-23-9-3-18(15-24(23)37(34,35)30-20-6-4-19(27)5-7-20)26(33)31-12-10-16(11-13-31)25(32)17-2-8-21(28)22(29)14-17/h2-9,14-16,30H,10-13H2,1H3. The molecule has 37 heavy (non-hydrogen) atoms. The number of hydrogen-bond donors (Lipinski definition) is 1. The molecule has 1 saturated heterocycles. The fraction of sp³-hybridized carbons (Fsp3) is 0.231. The third-order valence-corrected chi connectivity index (χ3v) is 8.82. The number of benzene rings is 3. The van der Waals surface area contributed by atoms with Crippen molar-refractivity contribution >= 4 is 66.5 Å². The first-order valence-electron chi connectivity index (χ1n) is 11.3. The molecule has 1 aliphatic rings. The second-order valence-corrected chi connectivity index (χ2v) is 11.9. The van der Waals surface area contributed by atoms with Crippen LogP contribution in [-0.4, -0.2) is 45.2 Å². The first-order chi connectivity index (χ1) is 17.6. The molecule has 1 aliphatic heterocycles. The third kappa shape index (κ3) is 6.29. The Balaban J connectivity index is 1.48. The summed E-state index contributed by atoms with van der Waals surface area (Å²) < 4.78 is 34.8. The fourth-order valence-corrected chi connectivity index (χ4v) is 5.98. The minimum atomic E-state index is -4.04. The molecule has 7 nitrogen and oxygen atoms in total. The number of nitrogens with one attached hydrogen (secondary N) is 1. The summed E-state index contributed by atoms with van der Waals surface area (Å²) in [7, 11) is -2.67. The van der Waals surface area contributed by atoms with Gasteiger partial charge in [-0.1, -0.05) is 39.1 Å². The molecule has 3 aromatic carbocycles. The summed E-state index contributed by atoms with van der Waals surface area (Å²) in [6, 6.07) is 15.8. The number of anilines is 1. The molecule has 0 atom stereocenters. The zero-order valence-electron chi connectivity index (χ0n) is 19.7. The Bertz CT molecular complexity index is 1440. The lowest BCUT2D eigenvalue weighted by molar-refractivity contribution is 0.0650. The van der Waals surface area contributed by atoms with Crippen LogP contribution in [0.3, 0.4) is 0 Å². The molecule has 194 valence electrons. The summed E-state index contributed by atoms with van der Waals surface area (Å²) >= 11 is 15.3. The smallest absolute Gasteiger partial charge is 0.265 e. The number of rotatable bonds is 7. The lowest BCUT2D eigenvalue weighted by Gasteiger charge is -2.31. The second kappa shape index (κ2) is 11.4. The van der Waals surface area contributed by atoms with Gasteiger partial charge in [0.1, 0.15) is 10.6 Å². The number of piperidine rings is 1. The van der Waals surface area contributed by atoms with Crippen LogP contribution in [0.25, 0.3) is 0 Å². The Labute approximate surface area is 233 Å². The van der Waals surface area contributed by atoms with E-state index in [1.165, 1.54) is 25.3 Å². The summed E-state index contributed by atoms with van der Waals surface area (Å²) in [5, 5.41) is 0.701. The van der Waals surface area contributed by atoms with E-state index >= 15 is 0 Å². The van der Waals surface area contributed by atoms with Gasteiger partial charge in [-0.25, -0.2) is 8.42 Å². The van der Waals surface area contributed by atoms with E-state index in [1.54, 1.807) is 47.4 Å². The molecule has 0 aliphatic carbocycles. The van der Waals surface area contributed by atoms with E-state index < -0.39 is 10.0 Å². The van der Waals surface area contributed by atoms with Gasteiger partial charge in [-0.15, -0.1) is 0 Å². The number of sulfonamides is 1. The second-order valence-electron chi connectivity index (χ2n) is 8.54. The molecule has 0 aromatic heterocycles. The minimum Gasteiger partial charge on any atom is -0.495 e. The van der Waals surface area contributed by atoms with Crippen LogP contribution >= 0.6 is 39.1 Å². The minimum absolute atomic E-state index is 0.0393. The molecule has 0 bridgehead atoms. The number of halogens is 3.